The van der Waals surface area contributed by atoms with E-state index in [0.29, 0.717) is 11.5 Å². The lowest BCUT2D eigenvalue weighted by Crippen LogP contribution is -2.02. The zero-order valence-corrected chi connectivity index (χ0v) is 14.8. The number of benzene rings is 3. The van der Waals surface area contributed by atoms with E-state index in [1.165, 1.54) is 0 Å². The average molecular weight is 354 g/mol. The number of carbonyl (C=O) groups excluding carboxylic acids is 1. The summed E-state index contributed by atoms with van der Waals surface area (Å²) in [6.07, 6.45) is 0. The molecule has 2 N–H and O–H groups in total. The Kier molecular flexibility index (Phi) is 4.49. The standard InChI is InChI=1S/C22H18N4O/c1-15(27)16-11-13-18(14-12-16)24-22-25-20-10-6-5-9-19(20)21(26-22)23-17-7-3-2-4-8-17/h2-14H,1H3,(H2,23,24,25,26). The molecular formula is C22H18N4O. The number of nitrogens with zero attached hydrogens (tertiary/aromatic N) is 2. The number of nitrogens with one attached hydrogen (secondary N) is 2. The van der Waals surface area contributed by atoms with Crippen LogP contribution in [-0.2, 0) is 0 Å². The fraction of sp³-hybridized carbons (Fsp3) is 0.0455. The summed E-state index contributed by atoms with van der Waals surface area (Å²) in [6.45, 7) is 1.55. The minimum Gasteiger partial charge on any atom is -0.340 e. The van der Waals surface area contributed by atoms with Gasteiger partial charge in [0, 0.05) is 22.3 Å². The van der Waals surface area contributed by atoms with Gasteiger partial charge in [-0.1, -0.05) is 30.3 Å². The molecule has 0 atom stereocenters. The molecule has 1 aromatic heterocycles. The predicted octanol–water partition coefficient (Wildman–Crippen LogP) is 5.32. The van der Waals surface area contributed by atoms with E-state index in [-0.39, 0.29) is 5.78 Å². The number of aromatic nitrogens is 2. The number of hydrogen-bond donors (Lipinski definition) is 2. The van der Waals surface area contributed by atoms with Crippen molar-refractivity contribution in [2.75, 3.05) is 10.6 Å². The van der Waals surface area contributed by atoms with Gasteiger partial charge in [-0.3, -0.25) is 4.79 Å². The van der Waals surface area contributed by atoms with E-state index in [4.69, 9.17) is 0 Å². The second-order valence-electron chi connectivity index (χ2n) is 6.16. The number of hydrogen-bond acceptors (Lipinski definition) is 5. The van der Waals surface area contributed by atoms with Gasteiger partial charge in [-0.25, -0.2) is 4.98 Å². The Morgan fingerprint density at radius 3 is 2.15 bits per heavy atom. The minimum atomic E-state index is 0.0397. The van der Waals surface area contributed by atoms with Crippen molar-refractivity contribution in [1.82, 2.24) is 9.97 Å². The van der Waals surface area contributed by atoms with Crippen LogP contribution in [0.3, 0.4) is 0 Å². The highest BCUT2D eigenvalue weighted by Crippen LogP contribution is 2.26. The summed E-state index contributed by atoms with van der Waals surface area (Å²) in [5.74, 6) is 1.26. The number of ketones is 1. The van der Waals surface area contributed by atoms with Crippen molar-refractivity contribution < 1.29 is 4.79 Å². The van der Waals surface area contributed by atoms with E-state index < -0.39 is 0 Å². The Hall–Kier alpha value is -3.73. The molecule has 0 unspecified atom stereocenters. The van der Waals surface area contributed by atoms with Crippen LogP contribution in [0, 0.1) is 0 Å². The van der Waals surface area contributed by atoms with Gasteiger partial charge < -0.3 is 10.6 Å². The number of para-hydroxylation sites is 2. The van der Waals surface area contributed by atoms with Crippen molar-refractivity contribution >= 4 is 39.8 Å². The van der Waals surface area contributed by atoms with Crippen molar-refractivity contribution in [2.45, 2.75) is 6.92 Å². The van der Waals surface area contributed by atoms with Gasteiger partial charge in [0.2, 0.25) is 5.95 Å². The maximum Gasteiger partial charge on any atom is 0.229 e. The fourth-order valence-corrected chi connectivity index (χ4v) is 2.80. The molecular weight excluding hydrogens is 336 g/mol. The largest absolute Gasteiger partial charge is 0.340 e. The zero-order chi connectivity index (χ0) is 18.6. The molecule has 132 valence electrons. The number of rotatable bonds is 5. The third-order valence-electron chi connectivity index (χ3n) is 4.19. The lowest BCUT2D eigenvalue weighted by Gasteiger charge is -2.12. The molecule has 3 aromatic carbocycles. The van der Waals surface area contributed by atoms with Gasteiger partial charge in [0.15, 0.2) is 5.78 Å². The second kappa shape index (κ2) is 7.25. The number of anilines is 4. The van der Waals surface area contributed by atoms with Crippen LogP contribution in [0.2, 0.25) is 0 Å². The first kappa shape index (κ1) is 16.7. The predicted molar refractivity (Wildman–Crippen MR) is 109 cm³/mol. The van der Waals surface area contributed by atoms with E-state index in [1.807, 2.05) is 66.7 Å². The molecule has 0 saturated carbocycles. The third kappa shape index (κ3) is 3.77. The van der Waals surface area contributed by atoms with Crippen LogP contribution in [0.4, 0.5) is 23.1 Å². The van der Waals surface area contributed by atoms with Crippen molar-refractivity contribution in [2.24, 2.45) is 0 Å². The summed E-state index contributed by atoms with van der Waals surface area (Å²) in [7, 11) is 0. The van der Waals surface area contributed by atoms with Crippen molar-refractivity contribution in [3.8, 4) is 0 Å². The van der Waals surface area contributed by atoms with E-state index in [2.05, 4.69) is 20.6 Å². The quantitative estimate of drug-likeness (QED) is 0.475. The van der Waals surface area contributed by atoms with Crippen LogP contribution in [0.25, 0.3) is 10.9 Å². The average Bonchev–Trinajstić information content (AvgIpc) is 2.69. The smallest absolute Gasteiger partial charge is 0.229 e. The molecule has 0 amide bonds. The fourth-order valence-electron chi connectivity index (χ4n) is 2.80. The molecule has 0 fully saturated rings. The van der Waals surface area contributed by atoms with E-state index in [1.54, 1.807) is 19.1 Å². The molecule has 5 nitrogen and oxygen atoms in total. The molecule has 0 spiro atoms. The number of fused-ring (bicyclic) bond motifs is 1. The van der Waals surface area contributed by atoms with Crippen molar-refractivity contribution in [1.29, 1.82) is 0 Å². The second-order valence-corrected chi connectivity index (χ2v) is 6.16. The molecule has 4 aromatic rings. The van der Waals surface area contributed by atoms with Crippen LogP contribution in [-0.4, -0.2) is 15.8 Å². The number of carbonyl (C=O) groups is 1. The molecule has 0 saturated heterocycles. The van der Waals surface area contributed by atoms with Crippen molar-refractivity contribution in [3.05, 3.63) is 84.4 Å². The Labute approximate surface area is 157 Å². The molecule has 1 heterocycles. The van der Waals surface area contributed by atoms with Gasteiger partial charge in [-0.15, -0.1) is 0 Å². The van der Waals surface area contributed by atoms with Gasteiger partial charge in [0.05, 0.1) is 5.52 Å². The molecule has 4 rings (SSSR count). The van der Waals surface area contributed by atoms with Crippen LogP contribution in [0.5, 0.6) is 0 Å². The monoisotopic (exact) mass is 354 g/mol. The zero-order valence-electron chi connectivity index (χ0n) is 14.8. The van der Waals surface area contributed by atoms with Crippen LogP contribution < -0.4 is 10.6 Å². The van der Waals surface area contributed by atoms with Gasteiger partial charge in [-0.05, 0) is 55.5 Å². The highest BCUT2D eigenvalue weighted by Gasteiger charge is 2.08. The summed E-state index contributed by atoms with van der Waals surface area (Å²) >= 11 is 0. The van der Waals surface area contributed by atoms with Gasteiger partial charge in [0.25, 0.3) is 0 Å². The molecule has 5 heteroatoms. The maximum atomic E-state index is 11.4. The Bertz CT molecular complexity index is 1090. The summed E-state index contributed by atoms with van der Waals surface area (Å²) in [5.41, 5.74) is 3.29. The molecule has 0 aliphatic heterocycles. The van der Waals surface area contributed by atoms with Crippen molar-refractivity contribution in [3.63, 3.8) is 0 Å². The molecule has 0 bridgehead atoms. The van der Waals surface area contributed by atoms with Crippen LogP contribution in [0.1, 0.15) is 17.3 Å². The Morgan fingerprint density at radius 2 is 1.41 bits per heavy atom. The topological polar surface area (TPSA) is 66.9 Å². The first-order valence-corrected chi connectivity index (χ1v) is 8.66. The highest BCUT2D eigenvalue weighted by molar-refractivity contribution is 5.94. The van der Waals surface area contributed by atoms with Gasteiger partial charge in [0.1, 0.15) is 5.82 Å². The lowest BCUT2D eigenvalue weighted by atomic mass is 10.1. The molecule has 0 radical (unpaired) electrons. The van der Waals surface area contributed by atoms with Gasteiger partial charge in [-0.2, -0.15) is 4.98 Å². The Morgan fingerprint density at radius 1 is 0.741 bits per heavy atom. The lowest BCUT2D eigenvalue weighted by molar-refractivity contribution is 0.101. The van der Waals surface area contributed by atoms with Crippen LogP contribution >= 0.6 is 0 Å². The molecule has 0 aliphatic rings. The van der Waals surface area contributed by atoms with Gasteiger partial charge >= 0.3 is 0 Å². The summed E-state index contributed by atoms with van der Waals surface area (Å²) in [5, 5.41) is 7.52. The summed E-state index contributed by atoms with van der Waals surface area (Å²) in [6, 6.07) is 25.0. The van der Waals surface area contributed by atoms with E-state index in [9.17, 15) is 4.79 Å². The highest BCUT2D eigenvalue weighted by atomic mass is 16.1. The molecule has 0 aliphatic carbocycles. The summed E-state index contributed by atoms with van der Waals surface area (Å²) < 4.78 is 0. The van der Waals surface area contributed by atoms with E-state index in [0.717, 1.165) is 28.1 Å². The normalized spacial score (nSPS) is 10.6. The third-order valence-corrected chi connectivity index (χ3v) is 4.19. The minimum absolute atomic E-state index is 0.0397. The first-order chi connectivity index (χ1) is 13.2. The SMILES string of the molecule is CC(=O)c1ccc(Nc2nc(Nc3ccccc3)c3ccccc3n2)cc1. The number of Topliss-reactive ketones (excluding diaryl/α,β-unsaturated/α-hetero) is 1. The van der Waals surface area contributed by atoms with Crippen LogP contribution in [0.15, 0.2) is 78.9 Å². The van der Waals surface area contributed by atoms with E-state index >= 15 is 0 Å². The summed E-state index contributed by atoms with van der Waals surface area (Å²) in [4.78, 5) is 20.7. The molecule has 27 heavy (non-hydrogen) atoms. The maximum absolute atomic E-state index is 11.4. The Balaban J connectivity index is 1.69. The first-order valence-electron chi connectivity index (χ1n) is 8.66.